The molecular weight excluding hydrogens is 214 g/mol. The predicted molar refractivity (Wildman–Crippen MR) is 59.3 cm³/mol. The van der Waals surface area contributed by atoms with Crippen molar-refractivity contribution < 1.29 is 8.42 Å². The van der Waals surface area contributed by atoms with Crippen LogP contribution in [0.15, 0.2) is 23.4 Å². The summed E-state index contributed by atoms with van der Waals surface area (Å²) in [4.78, 5) is 3.86. The highest BCUT2D eigenvalue weighted by atomic mass is 32.2. The van der Waals surface area contributed by atoms with E-state index in [0.29, 0.717) is 5.69 Å². The molecule has 0 bridgehead atoms. The number of pyridine rings is 1. The molecule has 2 N–H and O–H groups in total. The normalized spacial score (nSPS) is 11.3. The lowest BCUT2D eigenvalue weighted by atomic mass is 10.4. The van der Waals surface area contributed by atoms with Gasteiger partial charge in [-0.25, -0.2) is 18.1 Å². The third-order valence-corrected chi connectivity index (χ3v) is 3.23. The Morgan fingerprint density at radius 3 is 2.80 bits per heavy atom. The Balaban J connectivity index is 3.07. The molecule has 0 aromatic carbocycles. The summed E-state index contributed by atoms with van der Waals surface area (Å²) in [5.41, 5.74) is 0.536. The molecule has 0 radical (unpaired) electrons. The number of rotatable bonds is 5. The maximum atomic E-state index is 11.6. The monoisotopic (exact) mass is 229 g/mol. The maximum absolute atomic E-state index is 11.6. The van der Waals surface area contributed by atoms with Crippen LogP contribution in [0.2, 0.25) is 0 Å². The van der Waals surface area contributed by atoms with E-state index in [1.807, 2.05) is 6.92 Å². The van der Waals surface area contributed by atoms with Gasteiger partial charge in [-0.05, 0) is 25.6 Å². The Kier molecular flexibility index (Phi) is 4.05. The zero-order valence-corrected chi connectivity index (χ0v) is 9.63. The second-order valence-corrected chi connectivity index (χ2v) is 4.79. The molecular formula is C9H15N3O2S. The van der Waals surface area contributed by atoms with E-state index in [-0.39, 0.29) is 5.03 Å². The highest BCUT2D eigenvalue weighted by Crippen LogP contribution is 2.17. The molecule has 0 amide bonds. The SMILES string of the molecule is CCCNc1cccnc1S(=O)(=O)NC. The summed E-state index contributed by atoms with van der Waals surface area (Å²) in [5, 5.41) is 3.06. The van der Waals surface area contributed by atoms with Crippen LogP contribution >= 0.6 is 0 Å². The number of nitrogens with zero attached hydrogens (tertiary/aromatic N) is 1. The Morgan fingerprint density at radius 1 is 1.47 bits per heavy atom. The van der Waals surface area contributed by atoms with Crippen LogP contribution in [0.4, 0.5) is 5.69 Å². The summed E-state index contributed by atoms with van der Waals surface area (Å²) in [6.45, 7) is 2.73. The van der Waals surface area contributed by atoms with Crippen LogP contribution in [0.3, 0.4) is 0 Å². The zero-order chi connectivity index (χ0) is 11.3. The summed E-state index contributed by atoms with van der Waals surface area (Å²) >= 11 is 0. The lowest BCUT2D eigenvalue weighted by molar-refractivity contribution is 0.584. The van der Waals surface area contributed by atoms with Crippen molar-refractivity contribution in [3.63, 3.8) is 0 Å². The van der Waals surface area contributed by atoms with Crippen LogP contribution < -0.4 is 10.0 Å². The fourth-order valence-corrected chi connectivity index (χ4v) is 1.92. The van der Waals surface area contributed by atoms with Gasteiger partial charge in [0.15, 0.2) is 5.03 Å². The van der Waals surface area contributed by atoms with Gasteiger partial charge in [-0.1, -0.05) is 6.92 Å². The second kappa shape index (κ2) is 5.09. The van der Waals surface area contributed by atoms with Crippen LogP contribution in [-0.2, 0) is 10.0 Å². The molecule has 0 aliphatic rings. The van der Waals surface area contributed by atoms with Crippen molar-refractivity contribution in [2.24, 2.45) is 0 Å². The van der Waals surface area contributed by atoms with Crippen molar-refractivity contribution in [3.8, 4) is 0 Å². The van der Waals surface area contributed by atoms with Gasteiger partial charge >= 0.3 is 0 Å². The van der Waals surface area contributed by atoms with Crippen molar-refractivity contribution in [3.05, 3.63) is 18.3 Å². The summed E-state index contributed by atoms with van der Waals surface area (Å²) in [5.74, 6) is 0. The molecule has 5 nitrogen and oxygen atoms in total. The number of aromatic nitrogens is 1. The fraction of sp³-hybridized carbons (Fsp3) is 0.444. The van der Waals surface area contributed by atoms with Gasteiger partial charge in [0.25, 0.3) is 10.0 Å². The van der Waals surface area contributed by atoms with E-state index in [9.17, 15) is 8.42 Å². The lowest BCUT2D eigenvalue weighted by Gasteiger charge is -2.09. The first-order chi connectivity index (χ1) is 7.11. The number of anilines is 1. The van der Waals surface area contributed by atoms with Crippen molar-refractivity contribution in [2.75, 3.05) is 18.9 Å². The largest absolute Gasteiger partial charge is 0.383 e. The van der Waals surface area contributed by atoms with Gasteiger partial charge in [0.1, 0.15) is 0 Å². The van der Waals surface area contributed by atoms with Crippen molar-refractivity contribution in [1.29, 1.82) is 0 Å². The second-order valence-electron chi connectivity index (χ2n) is 2.99. The highest BCUT2D eigenvalue weighted by Gasteiger charge is 2.17. The molecule has 0 saturated carbocycles. The smallest absolute Gasteiger partial charge is 0.259 e. The van der Waals surface area contributed by atoms with Crippen molar-refractivity contribution in [1.82, 2.24) is 9.71 Å². The molecule has 6 heteroatoms. The molecule has 0 aliphatic carbocycles. The topological polar surface area (TPSA) is 71.1 Å². The number of hydrogen-bond donors (Lipinski definition) is 2. The van der Waals surface area contributed by atoms with E-state index in [1.54, 1.807) is 12.1 Å². The highest BCUT2D eigenvalue weighted by molar-refractivity contribution is 7.89. The van der Waals surface area contributed by atoms with Crippen LogP contribution in [0.5, 0.6) is 0 Å². The minimum Gasteiger partial charge on any atom is -0.383 e. The molecule has 84 valence electrons. The summed E-state index contributed by atoms with van der Waals surface area (Å²) < 4.78 is 25.4. The summed E-state index contributed by atoms with van der Waals surface area (Å²) in [7, 11) is -2.11. The minimum absolute atomic E-state index is 0.0425. The Morgan fingerprint density at radius 2 is 2.20 bits per heavy atom. The predicted octanol–water partition coefficient (Wildman–Crippen LogP) is 0.812. The van der Waals surface area contributed by atoms with Gasteiger partial charge in [-0.2, -0.15) is 0 Å². The number of nitrogens with one attached hydrogen (secondary N) is 2. The molecule has 1 rings (SSSR count). The van der Waals surface area contributed by atoms with Crippen LogP contribution in [-0.4, -0.2) is 27.0 Å². The van der Waals surface area contributed by atoms with Crippen molar-refractivity contribution in [2.45, 2.75) is 18.4 Å². The van der Waals surface area contributed by atoms with E-state index in [0.717, 1.165) is 13.0 Å². The fourth-order valence-electron chi connectivity index (χ4n) is 1.10. The first-order valence-electron chi connectivity index (χ1n) is 4.74. The molecule has 0 spiro atoms. The van der Waals surface area contributed by atoms with E-state index < -0.39 is 10.0 Å². The minimum atomic E-state index is -3.48. The molecule has 0 aliphatic heterocycles. The quantitative estimate of drug-likeness (QED) is 0.784. The molecule has 0 unspecified atom stereocenters. The van der Waals surface area contributed by atoms with Crippen LogP contribution in [0.1, 0.15) is 13.3 Å². The molecule has 15 heavy (non-hydrogen) atoms. The average molecular weight is 229 g/mol. The molecule has 0 atom stereocenters. The Hall–Kier alpha value is -1.14. The van der Waals surface area contributed by atoms with Crippen molar-refractivity contribution >= 4 is 15.7 Å². The molecule has 1 aromatic heterocycles. The first-order valence-corrected chi connectivity index (χ1v) is 6.22. The first kappa shape index (κ1) is 11.9. The van der Waals surface area contributed by atoms with E-state index in [2.05, 4.69) is 15.0 Å². The molecule has 0 saturated heterocycles. The van der Waals surface area contributed by atoms with Gasteiger partial charge < -0.3 is 5.32 Å². The van der Waals surface area contributed by atoms with Gasteiger partial charge in [-0.15, -0.1) is 0 Å². The average Bonchev–Trinajstić information content (AvgIpc) is 2.26. The number of sulfonamides is 1. The van der Waals surface area contributed by atoms with E-state index in [1.165, 1.54) is 13.2 Å². The van der Waals surface area contributed by atoms with E-state index in [4.69, 9.17) is 0 Å². The summed E-state index contributed by atoms with van der Waals surface area (Å²) in [6.07, 6.45) is 2.38. The Labute approximate surface area is 90.0 Å². The van der Waals surface area contributed by atoms with Crippen LogP contribution in [0.25, 0.3) is 0 Å². The Bertz CT molecular complexity index is 417. The third-order valence-electron chi connectivity index (χ3n) is 1.86. The summed E-state index contributed by atoms with van der Waals surface area (Å²) in [6, 6.07) is 3.40. The van der Waals surface area contributed by atoms with E-state index >= 15 is 0 Å². The van der Waals surface area contributed by atoms with Gasteiger partial charge in [0.05, 0.1) is 5.69 Å². The van der Waals surface area contributed by atoms with Gasteiger partial charge in [0, 0.05) is 12.7 Å². The van der Waals surface area contributed by atoms with Crippen LogP contribution in [0, 0.1) is 0 Å². The number of hydrogen-bond acceptors (Lipinski definition) is 4. The molecule has 1 aromatic rings. The molecule has 0 fully saturated rings. The lowest BCUT2D eigenvalue weighted by Crippen LogP contribution is -2.21. The zero-order valence-electron chi connectivity index (χ0n) is 8.82. The standard InChI is InChI=1S/C9H15N3O2S/c1-3-6-11-8-5-4-7-12-9(8)15(13,14)10-2/h4-5,7,10-11H,3,6H2,1-2H3. The van der Waals surface area contributed by atoms with Gasteiger partial charge in [-0.3, -0.25) is 0 Å². The third kappa shape index (κ3) is 2.90. The molecule has 1 heterocycles. The van der Waals surface area contributed by atoms with Gasteiger partial charge in [0.2, 0.25) is 0 Å². The maximum Gasteiger partial charge on any atom is 0.259 e.